The topological polar surface area (TPSA) is 83.6 Å². The second-order valence-corrected chi connectivity index (χ2v) is 7.32. The third-order valence-corrected chi connectivity index (χ3v) is 5.39. The van der Waals surface area contributed by atoms with Gasteiger partial charge in [-0.05, 0) is 18.6 Å². The average Bonchev–Trinajstić information content (AvgIpc) is 2.77. The number of nitrogens with one attached hydrogen (secondary N) is 1. The Morgan fingerprint density at radius 2 is 2.05 bits per heavy atom. The molecule has 20 heavy (non-hydrogen) atoms. The Balaban J connectivity index is 1.91. The Morgan fingerprint density at radius 1 is 1.30 bits per heavy atom. The van der Waals surface area contributed by atoms with Gasteiger partial charge in [0.25, 0.3) is 0 Å². The Bertz CT molecular complexity index is 683. The third-order valence-electron chi connectivity index (χ3n) is 3.62. The predicted molar refractivity (Wildman–Crippen MR) is 74.2 cm³/mol. The minimum absolute atomic E-state index is 0.0467. The van der Waals surface area contributed by atoms with E-state index >= 15 is 0 Å². The molecule has 0 bridgehead atoms. The third kappa shape index (κ3) is 2.29. The molecule has 106 valence electrons. The molecule has 0 aromatic heterocycles. The largest absolute Gasteiger partial charge is 0.323 e. The highest BCUT2D eigenvalue weighted by atomic mass is 32.2. The van der Waals surface area contributed by atoms with Crippen molar-refractivity contribution in [3.63, 3.8) is 0 Å². The lowest BCUT2D eigenvalue weighted by atomic mass is 10.1. The van der Waals surface area contributed by atoms with E-state index < -0.39 is 15.8 Å². The summed E-state index contributed by atoms with van der Waals surface area (Å²) >= 11 is 0. The summed E-state index contributed by atoms with van der Waals surface area (Å²) in [6.45, 7) is -0.0631. The van der Waals surface area contributed by atoms with E-state index in [1.807, 2.05) is 0 Å². The Morgan fingerprint density at radius 3 is 2.75 bits per heavy atom. The average molecular weight is 294 g/mol. The molecule has 3 rings (SSSR count). The van der Waals surface area contributed by atoms with E-state index in [-0.39, 0.29) is 29.9 Å². The van der Waals surface area contributed by atoms with E-state index in [0.717, 1.165) is 0 Å². The van der Waals surface area contributed by atoms with Crippen molar-refractivity contribution in [1.29, 1.82) is 0 Å². The molecule has 1 aromatic rings. The maximum atomic E-state index is 12.5. The summed E-state index contributed by atoms with van der Waals surface area (Å²) in [6, 6.07) is 7.02. The molecule has 7 heteroatoms. The molecule has 1 atom stereocenters. The zero-order valence-corrected chi connectivity index (χ0v) is 11.5. The van der Waals surface area contributed by atoms with Gasteiger partial charge in [-0.25, -0.2) is 8.42 Å². The number of fused-ring (bicyclic) bond motifs is 1. The van der Waals surface area contributed by atoms with Gasteiger partial charge in [0.1, 0.15) is 6.54 Å². The zero-order valence-electron chi connectivity index (χ0n) is 10.7. The van der Waals surface area contributed by atoms with E-state index in [9.17, 15) is 18.0 Å². The normalized spacial score (nSPS) is 24.1. The Kier molecular flexibility index (Phi) is 3.01. The Hall–Kier alpha value is -1.89. The lowest BCUT2D eigenvalue weighted by molar-refractivity contribution is -0.124. The van der Waals surface area contributed by atoms with Gasteiger partial charge >= 0.3 is 0 Å². The van der Waals surface area contributed by atoms with Crippen LogP contribution < -0.4 is 10.2 Å². The monoisotopic (exact) mass is 294 g/mol. The molecule has 0 spiro atoms. The summed E-state index contributed by atoms with van der Waals surface area (Å²) in [6.07, 6.45) is 0.335. The molecule has 2 heterocycles. The number of anilines is 2. The van der Waals surface area contributed by atoms with E-state index in [2.05, 4.69) is 5.32 Å². The highest BCUT2D eigenvalue weighted by Gasteiger charge is 2.38. The second-order valence-electron chi connectivity index (χ2n) is 5.09. The molecule has 1 unspecified atom stereocenters. The number of hydrogen-bond acceptors (Lipinski definition) is 4. The SMILES string of the molecule is O=C1CN(C(=O)C2CCS(=O)(=O)C2)c2ccccc2N1. The van der Waals surface area contributed by atoms with Crippen LogP contribution in [0.4, 0.5) is 11.4 Å². The first-order valence-corrected chi connectivity index (χ1v) is 8.19. The van der Waals surface area contributed by atoms with Crippen LogP contribution in [-0.4, -0.2) is 38.3 Å². The van der Waals surface area contributed by atoms with Crippen LogP contribution >= 0.6 is 0 Å². The maximum Gasteiger partial charge on any atom is 0.244 e. The molecular weight excluding hydrogens is 280 g/mol. The van der Waals surface area contributed by atoms with Crippen molar-refractivity contribution in [2.24, 2.45) is 5.92 Å². The summed E-state index contributed by atoms with van der Waals surface area (Å²) in [5, 5.41) is 2.70. The number of benzene rings is 1. The number of nitrogens with zero attached hydrogens (tertiary/aromatic N) is 1. The van der Waals surface area contributed by atoms with Crippen LogP contribution in [0.5, 0.6) is 0 Å². The fraction of sp³-hybridized carbons (Fsp3) is 0.385. The van der Waals surface area contributed by atoms with Gasteiger partial charge in [0, 0.05) is 0 Å². The van der Waals surface area contributed by atoms with Crippen molar-refractivity contribution >= 4 is 33.0 Å². The first-order valence-electron chi connectivity index (χ1n) is 6.37. The zero-order chi connectivity index (χ0) is 14.3. The molecule has 0 saturated carbocycles. The van der Waals surface area contributed by atoms with E-state index in [1.54, 1.807) is 24.3 Å². The molecular formula is C13H14N2O4S. The van der Waals surface area contributed by atoms with Gasteiger partial charge in [0.2, 0.25) is 11.8 Å². The molecule has 2 amide bonds. The highest BCUT2D eigenvalue weighted by Crippen LogP contribution is 2.31. The van der Waals surface area contributed by atoms with Crippen LogP contribution in [0.3, 0.4) is 0 Å². The van der Waals surface area contributed by atoms with Gasteiger partial charge in [0.05, 0.1) is 28.8 Å². The van der Waals surface area contributed by atoms with Crippen LogP contribution in [0.1, 0.15) is 6.42 Å². The fourth-order valence-electron chi connectivity index (χ4n) is 2.64. The summed E-state index contributed by atoms with van der Waals surface area (Å²) in [5.74, 6) is -1.16. The van der Waals surface area contributed by atoms with Crippen molar-refractivity contribution in [1.82, 2.24) is 0 Å². The van der Waals surface area contributed by atoms with Crippen LogP contribution in [0, 0.1) is 5.92 Å². The van der Waals surface area contributed by atoms with Gasteiger partial charge in [0.15, 0.2) is 9.84 Å². The minimum atomic E-state index is -3.12. The maximum absolute atomic E-state index is 12.5. The van der Waals surface area contributed by atoms with Crippen molar-refractivity contribution in [2.45, 2.75) is 6.42 Å². The second kappa shape index (κ2) is 4.59. The first kappa shape index (κ1) is 13.1. The number of para-hydroxylation sites is 2. The van der Waals surface area contributed by atoms with E-state index in [4.69, 9.17) is 0 Å². The molecule has 0 radical (unpaired) electrons. The molecule has 1 saturated heterocycles. The number of carbonyl (C=O) groups excluding carboxylic acids is 2. The summed E-state index contributed by atoms with van der Waals surface area (Å²) in [5.41, 5.74) is 1.21. The van der Waals surface area contributed by atoms with Gasteiger partial charge in [-0.15, -0.1) is 0 Å². The molecule has 1 N–H and O–H groups in total. The van der Waals surface area contributed by atoms with Crippen LogP contribution in [-0.2, 0) is 19.4 Å². The number of carbonyl (C=O) groups is 2. The predicted octanol–water partition coefficient (Wildman–Crippen LogP) is 0.406. The molecule has 2 aliphatic rings. The summed E-state index contributed by atoms with van der Waals surface area (Å²) < 4.78 is 23.0. The molecule has 1 aromatic carbocycles. The van der Waals surface area contributed by atoms with Crippen LogP contribution in [0.25, 0.3) is 0 Å². The van der Waals surface area contributed by atoms with Crippen LogP contribution in [0.15, 0.2) is 24.3 Å². The molecule has 6 nitrogen and oxygen atoms in total. The van der Waals surface area contributed by atoms with Crippen molar-refractivity contribution in [3.05, 3.63) is 24.3 Å². The lowest BCUT2D eigenvalue weighted by Crippen LogP contribution is -2.45. The number of hydrogen-bond donors (Lipinski definition) is 1. The van der Waals surface area contributed by atoms with Crippen LogP contribution in [0.2, 0.25) is 0 Å². The summed E-state index contributed by atoms with van der Waals surface area (Å²) in [4.78, 5) is 25.5. The van der Waals surface area contributed by atoms with Crippen molar-refractivity contribution < 1.29 is 18.0 Å². The van der Waals surface area contributed by atoms with Gasteiger partial charge < -0.3 is 10.2 Å². The Labute approximate surface area is 116 Å². The van der Waals surface area contributed by atoms with Gasteiger partial charge in [-0.1, -0.05) is 12.1 Å². The van der Waals surface area contributed by atoms with Crippen molar-refractivity contribution in [2.75, 3.05) is 28.3 Å². The fourth-order valence-corrected chi connectivity index (χ4v) is 4.37. The number of rotatable bonds is 1. The molecule has 1 fully saturated rings. The van der Waals surface area contributed by atoms with Gasteiger partial charge in [-0.3, -0.25) is 9.59 Å². The standard InChI is InChI=1S/C13H14N2O4S/c16-12-7-15(11-4-2-1-3-10(11)14-12)13(17)9-5-6-20(18,19)8-9/h1-4,9H,5-8H2,(H,14,16). The van der Waals surface area contributed by atoms with Gasteiger partial charge in [-0.2, -0.15) is 0 Å². The number of sulfone groups is 1. The van der Waals surface area contributed by atoms with E-state index in [1.165, 1.54) is 4.90 Å². The summed E-state index contributed by atoms with van der Waals surface area (Å²) in [7, 11) is -3.12. The molecule has 0 aliphatic carbocycles. The lowest BCUT2D eigenvalue weighted by Gasteiger charge is -2.30. The molecule has 2 aliphatic heterocycles. The first-order chi connectivity index (χ1) is 9.46. The minimum Gasteiger partial charge on any atom is -0.323 e. The quantitative estimate of drug-likeness (QED) is 0.813. The van der Waals surface area contributed by atoms with E-state index in [0.29, 0.717) is 17.8 Å². The van der Waals surface area contributed by atoms with Crippen molar-refractivity contribution in [3.8, 4) is 0 Å². The number of amides is 2. The smallest absolute Gasteiger partial charge is 0.244 e. The highest BCUT2D eigenvalue weighted by molar-refractivity contribution is 7.91.